The lowest BCUT2D eigenvalue weighted by atomic mass is 9.92. The zero-order chi connectivity index (χ0) is 14.9. The molecule has 0 aliphatic carbocycles. The van der Waals surface area contributed by atoms with Crippen molar-refractivity contribution < 1.29 is 14.3 Å². The van der Waals surface area contributed by atoms with E-state index in [0.717, 1.165) is 6.42 Å². The second-order valence-electron chi connectivity index (χ2n) is 5.20. The second-order valence-corrected chi connectivity index (χ2v) is 5.20. The van der Waals surface area contributed by atoms with Gasteiger partial charge in [-0.15, -0.1) is 0 Å². The summed E-state index contributed by atoms with van der Waals surface area (Å²) in [5.41, 5.74) is -0.542. The van der Waals surface area contributed by atoms with Gasteiger partial charge in [0.2, 0.25) is 11.8 Å². The maximum absolute atomic E-state index is 11.7. The molecule has 3 N–H and O–H groups in total. The summed E-state index contributed by atoms with van der Waals surface area (Å²) in [6.45, 7) is 7.12. The van der Waals surface area contributed by atoms with Gasteiger partial charge in [-0.05, 0) is 27.2 Å². The van der Waals surface area contributed by atoms with Crippen molar-refractivity contribution in [1.29, 1.82) is 0 Å². The second kappa shape index (κ2) is 8.87. The molecule has 0 bridgehead atoms. The van der Waals surface area contributed by atoms with Gasteiger partial charge in [0, 0.05) is 33.9 Å². The highest BCUT2D eigenvalue weighted by Gasteiger charge is 2.27. The third kappa shape index (κ3) is 7.12. The lowest BCUT2D eigenvalue weighted by molar-refractivity contribution is -0.129. The van der Waals surface area contributed by atoms with E-state index < -0.39 is 5.41 Å². The van der Waals surface area contributed by atoms with Crippen molar-refractivity contribution in [2.24, 2.45) is 5.41 Å². The van der Waals surface area contributed by atoms with Gasteiger partial charge in [-0.3, -0.25) is 9.59 Å². The van der Waals surface area contributed by atoms with Crippen LogP contribution in [0.3, 0.4) is 0 Å². The molecular weight excluding hydrogens is 246 g/mol. The molecule has 0 saturated carbocycles. The van der Waals surface area contributed by atoms with Gasteiger partial charge in [0.25, 0.3) is 0 Å². The first-order valence-corrected chi connectivity index (χ1v) is 6.57. The average Bonchev–Trinajstić information content (AvgIpc) is 2.39. The number of carbonyl (C=O) groups excluding carboxylic acids is 2. The third-order valence-corrected chi connectivity index (χ3v) is 2.91. The first-order chi connectivity index (χ1) is 8.85. The van der Waals surface area contributed by atoms with Crippen LogP contribution in [-0.4, -0.2) is 51.7 Å². The zero-order valence-corrected chi connectivity index (χ0v) is 12.6. The van der Waals surface area contributed by atoms with Crippen LogP contribution < -0.4 is 16.0 Å². The minimum Gasteiger partial charge on any atom is -0.385 e. The summed E-state index contributed by atoms with van der Waals surface area (Å²) in [5, 5.41) is 8.50. The van der Waals surface area contributed by atoms with Gasteiger partial charge < -0.3 is 20.7 Å². The molecule has 0 spiro atoms. The molecule has 0 aromatic heterocycles. The summed E-state index contributed by atoms with van der Waals surface area (Å²) in [4.78, 5) is 23.3. The summed E-state index contributed by atoms with van der Waals surface area (Å²) in [7, 11) is 3.24. The molecule has 1 atom stereocenters. The molecule has 6 nitrogen and oxygen atoms in total. The first kappa shape index (κ1) is 17.9. The van der Waals surface area contributed by atoms with Gasteiger partial charge in [-0.1, -0.05) is 0 Å². The van der Waals surface area contributed by atoms with E-state index in [0.29, 0.717) is 19.7 Å². The van der Waals surface area contributed by atoms with E-state index in [9.17, 15) is 9.59 Å². The molecule has 0 radical (unpaired) electrons. The van der Waals surface area contributed by atoms with E-state index >= 15 is 0 Å². The van der Waals surface area contributed by atoms with E-state index in [2.05, 4.69) is 16.0 Å². The van der Waals surface area contributed by atoms with E-state index in [1.54, 1.807) is 21.1 Å². The molecule has 0 heterocycles. The van der Waals surface area contributed by atoms with Crippen molar-refractivity contribution in [2.45, 2.75) is 33.2 Å². The standard InChI is InChI=1S/C13H27N3O3/c1-10(11(17)15-7-6-8-19-5)16-9-13(2,3)12(18)14-4/h10,16H,6-9H2,1-5H3,(H,14,18)(H,15,17). The van der Waals surface area contributed by atoms with Crippen molar-refractivity contribution in [1.82, 2.24) is 16.0 Å². The summed E-state index contributed by atoms with van der Waals surface area (Å²) in [6.07, 6.45) is 0.790. The summed E-state index contributed by atoms with van der Waals surface area (Å²) in [5.74, 6) is -0.114. The summed E-state index contributed by atoms with van der Waals surface area (Å²) < 4.78 is 4.90. The molecule has 0 fully saturated rings. The van der Waals surface area contributed by atoms with Crippen LogP contribution in [-0.2, 0) is 14.3 Å². The van der Waals surface area contributed by atoms with Crippen LogP contribution in [0.25, 0.3) is 0 Å². The molecule has 0 aromatic rings. The predicted molar refractivity (Wildman–Crippen MR) is 74.8 cm³/mol. The van der Waals surface area contributed by atoms with Gasteiger partial charge in [0.15, 0.2) is 0 Å². The molecule has 0 aromatic carbocycles. The topological polar surface area (TPSA) is 79.5 Å². The molecule has 0 aliphatic heterocycles. The summed E-state index contributed by atoms with van der Waals surface area (Å²) in [6, 6.07) is -0.327. The Morgan fingerprint density at radius 2 is 1.95 bits per heavy atom. The van der Waals surface area contributed by atoms with Crippen LogP contribution in [0.2, 0.25) is 0 Å². The lowest BCUT2D eigenvalue weighted by Crippen LogP contribution is -2.49. The molecule has 0 rings (SSSR count). The van der Waals surface area contributed by atoms with Gasteiger partial charge in [-0.2, -0.15) is 0 Å². The largest absolute Gasteiger partial charge is 0.385 e. The highest BCUT2D eigenvalue weighted by atomic mass is 16.5. The molecule has 6 heteroatoms. The molecule has 19 heavy (non-hydrogen) atoms. The predicted octanol–water partition coefficient (Wildman–Crippen LogP) is -0.111. The number of rotatable bonds is 9. The number of methoxy groups -OCH3 is 1. The fourth-order valence-corrected chi connectivity index (χ4v) is 1.50. The maximum Gasteiger partial charge on any atom is 0.236 e. The van der Waals surface area contributed by atoms with Crippen LogP contribution in [0, 0.1) is 5.41 Å². The first-order valence-electron chi connectivity index (χ1n) is 6.57. The van der Waals surface area contributed by atoms with Crippen LogP contribution in [0.4, 0.5) is 0 Å². The Kier molecular flexibility index (Phi) is 8.34. The Labute approximate surface area is 115 Å². The SMILES string of the molecule is CNC(=O)C(C)(C)CNC(C)C(=O)NCCCOC. The van der Waals surface area contributed by atoms with Crippen LogP contribution in [0.1, 0.15) is 27.2 Å². The van der Waals surface area contributed by atoms with Crippen molar-refractivity contribution in [3.8, 4) is 0 Å². The number of amides is 2. The zero-order valence-electron chi connectivity index (χ0n) is 12.6. The monoisotopic (exact) mass is 273 g/mol. The minimum absolute atomic E-state index is 0.0484. The number of hydrogen-bond acceptors (Lipinski definition) is 4. The molecular formula is C13H27N3O3. The van der Waals surface area contributed by atoms with E-state index in [1.165, 1.54) is 0 Å². The van der Waals surface area contributed by atoms with E-state index in [1.807, 2.05) is 13.8 Å². The average molecular weight is 273 g/mol. The van der Waals surface area contributed by atoms with Crippen molar-refractivity contribution in [2.75, 3.05) is 33.9 Å². The highest BCUT2D eigenvalue weighted by molar-refractivity contribution is 5.83. The van der Waals surface area contributed by atoms with Crippen LogP contribution >= 0.6 is 0 Å². The normalized spacial score (nSPS) is 12.9. The molecule has 112 valence electrons. The van der Waals surface area contributed by atoms with Gasteiger partial charge in [0.05, 0.1) is 11.5 Å². The quantitative estimate of drug-likeness (QED) is 0.512. The van der Waals surface area contributed by atoms with Crippen molar-refractivity contribution in [3.63, 3.8) is 0 Å². The number of ether oxygens (including phenoxy) is 1. The smallest absolute Gasteiger partial charge is 0.236 e. The number of carbonyl (C=O) groups is 2. The summed E-state index contributed by atoms with van der Waals surface area (Å²) >= 11 is 0. The molecule has 1 unspecified atom stereocenters. The fraction of sp³-hybridized carbons (Fsp3) is 0.846. The van der Waals surface area contributed by atoms with E-state index in [-0.39, 0.29) is 17.9 Å². The van der Waals surface area contributed by atoms with Crippen LogP contribution in [0.5, 0.6) is 0 Å². The Morgan fingerprint density at radius 1 is 1.32 bits per heavy atom. The van der Waals surface area contributed by atoms with Gasteiger partial charge in [-0.25, -0.2) is 0 Å². The Hall–Kier alpha value is -1.14. The number of hydrogen-bond donors (Lipinski definition) is 3. The number of nitrogens with one attached hydrogen (secondary N) is 3. The molecule has 0 aliphatic rings. The van der Waals surface area contributed by atoms with Crippen molar-refractivity contribution >= 4 is 11.8 Å². The Morgan fingerprint density at radius 3 is 2.47 bits per heavy atom. The van der Waals surface area contributed by atoms with Gasteiger partial charge in [0.1, 0.15) is 0 Å². The minimum atomic E-state index is -0.542. The fourth-order valence-electron chi connectivity index (χ4n) is 1.50. The molecule has 0 saturated heterocycles. The van der Waals surface area contributed by atoms with E-state index in [4.69, 9.17) is 4.74 Å². The van der Waals surface area contributed by atoms with Gasteiger partial charge >= 0.3 is 0 Å². The van der Waals surface area contributed by atoms with Crippen LogP contribution in [0.15, 0.2) is 0 Å². The third-order valence-electron chi connectivity index (χ3n) is 2.91. The molecule has 2 amide bonds. The Balaban J connectivity index is 3.99. The highest BCUT2D eigenvalue weighted by Crippen LogP contribution is 2.13. The Bertz CT molecular complexity index is 293. The van der Waals surface area contributed by atoms with Crippen molar-refractivity contribution in [3.05, 3.63) is 0 Å². The lowest BCUT2D eigenvalue weighted by Gasteiger charge is -2.25. The maximum atomic E-state index is 11.7.